The molecule has 1 aliphatic carbocycles. The zero-order valence-corrected chi connectivity index (χ0v) is 10.2. The SMILES string of the molecule is CC1(C)CCCC1C(Cc1ccco1)NN. The number of hydrazine groups is 1. The van der Waals surface area contributed by atoms with E-state index in [-0.39, 0.29) is 0 Å². The van der Waals surface area contributed by atoms with Crippen molar-refractivity contribution in [1.29, 1.82) is 0 Å². The second-order valence-electron chi connectivity index (χ2n) is 5.54. The molecule has 1 aliphatic rings. The van der Waals surface area contributed by atoms with E-state index in [4.69, 9.17) is 10.3 Å². The normalized spacial score (nSPS) is 25.8. The van der Waals surface area contributed by atoms with E-state index in [9.17, 15) is 0 Å². The maximum atomic E-state index is 5.70. The van der Waals surface area contributed by atoms with Crippen molar-refractivity contribution in [2.45, 2.75) is 45.6 Å². The average Bonchev–Trinajstić information content (AvgIpc) is 2.84. The Labute approximate surface area is 97.4 Å². The molecule has 1 heterocycles. The quantitative estimate of drug-likeness (QED) is 0.608. The van der Waals surface area contributed by atoms with Crippen LogP contribution in [0.25, 0.3) is 0 Å². The third kappa shape index (κ3) is 2.30. The molecule has 1 fully saturated rings. The highest BCUT2D eigenvalue weighted by molar-refractivity contribution is 5.03. The van der Waals surface area contributed by atoms with Crippen molar-refractivity contribution in [1.82, 2.24) is 5.43 Å². The van der Waals surface area contributed by atoms with Crippen LogP contribution in [0.1, 0.15) is 38.9 Å². The lowest BCUT2D eigenvalue weighted by molar-refractivity contribution is 0.191. The zero-order valence-electron chi connectivity index (χ0n) is 10.2. The minimum Gasteiger partial charge on any atom is -0.469 e. The summed E-state index contributed by atoms with van der Waals surface area (Å²) in [6.07, 6.45) is 6.49. The van der Waals surface area contributed by atoms with Gasteiger partial charge in [0, 0.05) is 12.5 Å². The van der Waals surface area contributed by atoms with Crippen LogP contribution in [0.4, 0.5) is 0 Å². The summed E-state index contributed by atoms with van der Waals surface area (Å²) >= 11 is 0. The van der Waals surface area contributed by atoms with Crippen molar-refractivity contribution in [3.05, 3.63) is 24.2 Å². The van der Waals surface area contributed by atoms with Crippen molar-refractivity contribution in [3.8, 4) is 0 Å². The first kappa shape index (κ1) is 11.7. The monoisotopic (exact) mass is 222 g/mol. The molecule has 3 heteroatoms. The molecule has 0 aromatic carbocycles. The Kier molecular flexibility index (Phi) is 3.36. The predicted octanol–water partition coefficient (Wildman–Crippen LogP) is 2.48. The maximum Gasteiger partial charge on any atom is 0.105 e. The van der Waals surface area contributed by atoms with Crippen molar-refractivity contribution in [3.63, 3.8) is 0 Å². The minimum absolute atomic E-state index is 0.323. The van der Waals surface area contributed by atoms with Crippen LogP contribution in [0.2, 0.25) is 0 Å². The Hall–Kier alpha value is -0.800. The summed E-state index contributed by atoms with van der Waals surface area (Å²) in [6, 6.07) is 4.28. The molecule has 2 atom stereocenters. The van der Waals surface area contributed by atoms with Crippen molar-refractivity contribution in [2.24, 2.45) is 17.2 Å². The standard InChI is InChI=1S/C13H22N2O/c1-13(2)7-3-6-11(13)12(15-14)9-10-5-4-8-16-10/h4-5,8,11-12,15H,3,6-7,9,14H2,1-2H3. The molecule has 0 spiro atoms. The fourth-order valence-electron chi connectivity index (χ4n) is 3.06. The van der Waals surface area contributed by atoms with Crippen LogP contribution in [0.5, 0.6) is 0 Å². The van der Waals surface area contributed by atoms with Gasteiger partial charge in [0.1, 0.15) is 5.76 Å². The highest BCUT2D eigenvalue weighted by atomic mass is 16.3. The summed E-state index contributed by atoms with van der Waals surface area (Å²) in [4.78, 5) is 0. The molecular formula is C13H22N2O. The van der Waals surface area contributed by atoms with Gasteiger partial charge < -0.3 is 4.42 Å². The molecule has 0 aliphatic heterocycles. The molecule has 16 heavy (non-hydrogen) atoms. The van der Waals surface area contributed by atoms with Gasteiger partial charge in [0.2, 0.25) is 0 Å². The summed E-state index contributed by atoms with van der Waals surface area (Å²) in [7, 11) is 0. The van der Waals surface area contributed by atoms with Gasteiger partial charge in [-0.05, 0) is 36.3 Å². The van der Waals surface area contributed by atoms with Gasteiger partial charge in [-0.25, -0.2) is 0 Å². The van der Waals surface area contributed by atoms with E-state index >= 15 is 0 Å². The molecule has 90 valence electrons. The van der Waals surface area contributed by atoms with E-state index in [0.717, 1.165) is 12.2 Å². The van der Waals surface area contributed by atoms with E-state index in [2.05, 4.69) is 19.3 Å². The summed E-state index contributed by atoms with van der Waals surface area (Å²) < 4.78 is 5.40. The fraction of sp³-hybridized carbons (Fsp3) is 0.692. The average molecular weight is 222 g/mol. The second-order valence-corrected chi connectivity index (χ2v) is 5.54. The Morgan fingerprint density at radius 2 is 2.44 bits per heavy atom. The summed E-state index contributed by atoms with van der Waals surface area (Å²) in [5, 5.41) is 0. The van der Waals surface area contributed by atoms with Crippen molar-refractivity contribution >= 4 is 0 Å². The molecule has 2 unspecified atom stereocenters. The Morgan fingerprint density at radius 1 is 1.62 bits per heavy atom. The first-order chi connectivity index (χ1) is 7.63. The summed E-state index contributed by atoms with van der Waals surface area (Å²) in [6.45, 7) is 4.69. The first-order valence-corrected chi connectivity index (χ1v) is 6.12. The van der Waals surface area contributed by atoms with Gasteiger partial charge in [-0.1, -0.05) is 20.3 Å². The number of hydrogen-bond donors (Lipinski definition) is 2. The molecule has 0 radical (unpaired) electrons. The van der Waals surface area contributed by atoms with Crippen LogP contribution in [-0.4, -0.2) is 6.04 Å². The van der Waals surface area contributed by atoms with Gasteiger partial charge >= 0.3 is 0 Å². The lowest BCUT2D eigenvalue weighted by Crippen LogP contribution is -2.45. The van der Waals surface area contributed by atoms with Crippen LogP contribution in [0.3, 0.4) is 0 Å². The summed E-state index contributed by atoms with van der Waals surface area (Å²) in [5.41, 5.74) is 3.37. The third-order valence-electron chi connectivity index (χ3n) is 4.04. The van der Waals surface area contributed by atoms with Crippen LogP contribution in [0, 0.1) is 11.3 Å². The highest BCUT2D eigenvalue weighted by Gasteiger charge is 2.39. The molecular weight excluding hydrogens is 200 g/mol. The summed E-state index contributed by atoms with van der Waals surface area (Å²) in [5.74, 6) is 7.36. The number of nitrogens with one attached hydrogen (secondary N) is 1. The van der Waals surface area contributed by atoms with Crippen LogP contribution in [0.15, 0.2) is 22.8 Å². The number of rotatable bonds is 4. The van der Waals surface area contributed by atoms with Crippen LogP contribution >= 0.6 is 0 Å². The lowest BCUT2D eigenvalue weighted by atomic mass is 9.76. The van der Waals surface area contributed by atoms with E-state index in [0.29, 0.717) is 17.4 Å². The minimum atomic E-state index is 0.323. The van der Waals surface area contributed by atoms with Gasteiger partial charge in [-0.15, -0.1) is 0 Å². The Bertz CT molecular complexity index is 319. The smallest absolute Gasteiger partial charge is 0.105 e. The highest BCUT2D eigenvalue weighted by Crippen LogP contribution is 2.44. The van der Waals surface area contributed by atoms with E-state index in [1.54, 1.807) is 6.26 Å². The second kappa shape index (κ2) is 4.60. The van der Waals surface area contributed by atoms with Gasteiger partial charge in [0.25, 0.3) is 0 Å². The van der Waals surface area contributed by atoms with Crippen molar-refractivity contribution < 1.29 is 4.42 Å². The van der Waals surface area contributed by atoms with Crippen molar-refractivity contribution in [2.75, 3.05) is 0 Å². The molecule has 3 N–H and O–H groups in total. The predicted molar refractivity (Wildman–Crippen MR) is 64.6 cm³/mol. The van der Waals surface area contributed by atoms with E-state index < -0.39 is 0 Å². The first-order valence-electron chi connectivity index (χ1n) is 6.12. The lowest BCUT2D eigenvalue weighted by Gasteiger charge is -2.33. The molecule has 0 bridgehead atoms. The van der Waals surface area contributed by atoms with Gasteiger partial charge in [0.05, 0.1) is 6.26 Å². The van der Waals surface area contributed by atoms with Gasteiger partial charge in [-0.3, -0.25) is 11.3 Å². The van der Waals surface area contributed by atoms with Crippen LogP contribution in [-0.2, 0) is 6.42 Å². The van der Waals surface area contributed by atoms with Gasteiger partial charge in [-0.2, -0.15) is 0 Å². The molecule has 0 saturated heterocycles. The number of furan rings is 1. The van der Waals surface area contributed by atoms with Crippen LogP contribution < -0.4 is 11.3 Å². The Balaban J connectivity index is 2.05. The molecule has 2 rings (SSSR count). The molecule has 1 saturated carbocycles. The van der Waals surface area contributed by atoms with E-state index in [1.807, 2.05) is 12.1 Å². The molecule has 3 nitrogen and oxygen atoms in total. The topological polar surface area (TPSA) is 51.2 Å². The third-order valence-corrected chi connectivity index (χ3v) is 4.04. The van der Waals surface area contributed by atoms with Gasteiger partial charge in [0.15, 0.2) is 0 Å². The Morgan fingerprint density at radius 3 is 2.94 bits per heavy atom. The number of nitrogens with two attached hydrogens (primary N) is 1. The molecule has 1 aromatic rings. The number of hydrogen-bond acceptors (Lipinski definition) is 3. The molecule has 0 amide bonds. The maximum absolute atomic E-state index is 5.70. The van der Waals surface area contributed by atoms with E-state index in [1.165, 1.54) is 19.3 Å². The molecule has 1 aromatic heterocycles. The largest absolute Gasteiger partial charge is 0.469 e. The fourth-order valence-corrected chi connectivity index (χ4v) is 3.06. The zero-order chi connectivity index (χ0) is 11.6.